The molecule has 13 heavy (non-hydrogen) atoms. The Balaban J connectivity index is 2.51. The number of nitrogens with zero attached hydrogens (tertiary/aromatic N) is 1. The topological polar surface area (TPSA) is 29.5 Å². The molecule has 0 bridgehead atoms. The average Bonchev–Trinajstić information content (AvgIpc) is 2.43. The molecule has 3 nitrogen and oxygen atoms in total. The lowest BCUT2D eigenvalue weighted by atomic mass is 10.1. The van der Waals surface area contributed by atoms with Gasteiger partial charge in [0.05, 0.1) is 6.54 Å². The van der Waals surface area contributed by atoms with Gasteiger partial charge in [0, 0.05) is 20.1 Å². The van der Waals surface area contributed by atoms with Crippen molar-refractivity contribution in [2.45, 2.75) is 32.0 Å². The molecular formula is C9H16FNO2. The molecule has 2 atom stereocenters. The number of amides is 1. The predicted molar refractivity (Wildman–Crippen MR) is 47.2 cm³/mol. The second-order valence-electron chi connectivity index (χ2n) is 3.80. The van der Waals surface area contributed by atoms with E-state index in [9.17, 15) is 9.18 Å². The molecule has 1 aliphatic heterocycles. The van der Waals surface area contributed by atoms with Crippen molar-refractivity contribution in [2.75, 3.05) is 20.2 Å². The Labute approximate surface area is 77.9 Å². The van der Waals surface area contributed by atoms with Gasteiger partial charge in [0.2, 0.25) is 0 Å². The van der Waals surface area contributed by atoms with Crippen LogP contribution in [0.15, 0.2) is 0 Å². The molecule has 2 unspecified atom stereocenters. The summed E-state index contributed by atoms with van der Waals surface area (Å²) in [7, 11) is 1.48. The van der Waals surface area contributed by atoms with E-state index in [0.29, 0.717) is 13.0 Å². The summed E-state index contributed by atoms with van der Waals surface area (Å²) >= 11 is 0. The zero-order valence-electron chi connectivity index (χ0n) is 8.34. The lowest BCUT2D eigenvalue weighted by molar-refractivity contribution is -0.140. The van der Waals surface area contributed by atoms with Crippen molar-refractivity contribution in [3.8, 4) is 0 Å². The molecule has 0 N–H and O–H groups in total. The standard InChI is InChI=1S/C9H16FNO2/c1-7(13-3)8(12)11-5-4-9(2,10)6-11/h7H,4-6H2,1-3H3. The van der Waals surface area contributed by atoms with E-state index >= 15 is 0 Å². The van der Waals surface area contributed by atoms with Crippen molar-refractivity contribution in [1.82, 2.24) is 4.90 Å². The summed E-state index contributed by atoms with van der Waals surface area (Å²) in [5, 5.41) is 0. The molecule has 1 heterocycles. The molecule has 0 aromatic rings. The Bertz CT molecular complexity index is 206. The number of hydrogen-bond acceptors (Lipinski definition) is 2. The molecule has 0 radical (unpaired) electrons. The second-order valence-corrected chi connectivity index (χ2v) is 3.80. The van der Waals surface area contributed by atoms with Gasteiger partial charge in [0.15, 0.2) is 0 Å². The number of hydrogen-bond donors (Lipinski definition) is 0. The molecule has 0 aromatic carbocycles. The SMILES string of the molecule is COC(C)C(=O)N1CCC(C)(F)C1. The lowest BCUT2D eigenvalue weighted by Crippen LogP contribution is -2.38. The third-order valence-electron chi connectivity index (χ3n) is 2.44. The van der Waals surface area contributed by atoms with E-state index in [4.69, 9.17) is 4.74 Å². The Hall–Kier alpha value is -0.640. The van der Waals surface area contributed by atoms with E-state index in [1.807, 2.05) is 0 Å². The zero-order chi connectivity index (χ0) is 10.1. The van der Waals surface area contributed by atoms with Crippen molar-refractivity contribution in [1.29, 1.82) is 0 Å². The minimum absolute atomic E-state index is 0.121. The van der Waals surface area contributed by atoms with Crippen molar-refractivity contribution in [3.63, 3.8) is 0 Å². The van der Waals surface area contributed by atoms with E-state index in [1.54, 1.807) is 6.92 Å². The van der Waals surface area contributed by atoms with E-state index < -0.39 is 11.8 Å². The van der Waals surface area contributed by atoms with Gasteiger partial charge in [0.25, 0.3) is 5.91 Å². The van der Waals surface area contributed by atoms with E-state index in [-0.39, 0.29) is 12.5 Å². The van der Waals surface area contributed by atoms with Gasteiger partial charge in [0.1, 0.15) is 11.8 Å². The highest BCUT2D eigenvalue weighted by Crippen LogP contribution is 2.25. The molecule has 1 rings (SSSR count). The van der Waals surface area contributed by atoms with E-state index in [0.717, 1.165) is 0 Å². The van der Waals surface area contributed by atoms with Crippen LogP contribution in [-0.4, -0.2) is 42.8 Å². The van der Waals surface area contributed by atoms with Gasteiger partial charge in [-0.05, 0) is 13.8 Å². The summed E-state index contributed by atoms with van der Waals surface area (Å²) in [6, 6.07) is 0. The Morgan fingerprint density at radius 1 is 1.69 bits per heavy atom. The predicted octanol–water partition coefficient (Wildman–Crippen LogP) is 0.982. The molecule has 0 spiro atoms. The van der Waals surface area contributed by atoms with Crippen molar-refractivity contribution in [3.05, 3.63) is 0 Å². The molecule has 76 valence electrons. The maximum absolute atomic E-state index is 13.4. The van der Waals surface area contributed by atoms with Crippen molar-refractivity contribution >= 4 is 5.91 Å². The van der Waals surface area contributed by atoms with Crippen LogP contribution in [0, 0.1) is 0 Å². The van der Waals surface area contributed by atoms with Crippen molar-refractivity contribution in [2.24, 2.45) is 0 Å². The molecule has 1 aliphatic rings. The fraction of sp³-hybridized carbons (Fsp3) is 0.889. The number of ether oxygens (including phenoxy) is 1. The third-order valence-corrected chi connectivity index (χ3v) is 2.44. The van der Waals surface area contributed by atoms with Crippen LogP contribution in [0.3, 0.4) is 0 Å². The summed E-state index contributed by atoms with van der Waals surface area (Å²) in [4.78, 5) is 13.0. The van der Waals surface area contributed by atoms with Gasteiger partial charge in [-0.15, -0.1) is 0 Å². The highest BCUT2D eigenvalue weighted by molar-refractivity contribution is 5.80. The molecule has 1 amide bonds. The van der Waals surface area contributed by atoms with Crippen LogP contribution in [0.5, 0.6) is 0 Å². The Morgan fingerprint density at radius 3 is 2.69 bits per heavy atom. The number of halogens is 1. The molecule has 1 saturated heterocycles. The van der Waals surface area contributed by atoms with Gasteiger partial charge >= 0.3 is 0 Å². The van der Waals surface area contributed by atoms with E-state index in [2.05, 4.69) is 0 Å². The zero-order valence-corrected chi connectivity index (χ0v) is 8.34. The number of methoxy groups -OCH3 is 1. The normalized spacial score (nSPS) is 30.6. The second kappa shape index (κ2) is 3.62. The van der Waals surface area contributed by atoms with Crippen LogP contribution >= 0.6 is 0 Å². The molecule has 0 saturated carbocycles. The van der Waals surface area contributed by atoms with Crippen molar-refractivity contribution < 1.29 is 13.9 Å². The number of alkyl halides is 1. The minimum atomic E-state index is -1.22. The Kier molecular flexibility index (Phi) is 2.91. The van der Waals surface area contributed by atoms with Crippen LogP contribution in [0.4, 0.5) is 4.39 Å². The lowest BCUT2D eigenvalue weighted by Gasteiger charge is -2.20. The van der Waals surface area contributed by atoms with Gasteiger partial charge in [-0.1, -0.05) is 0 Å². The van der Waals surface area contributed by atoms with Gasteiger partial charge in [-0.25, -0.2) is 4.39 Å². The largest absolute Gasteiger partial charge is 0.372 e. The number of rotatable bonds is 2. The smallest absolute Gasteiger partial charge is 0.251 e. The maximum atomic E-state index is 13.4. The van der Waals surface area contributed by atoms with Gasteiger partial charge in [-0.2, -0.15) is 0 Å². The summed E-state index contributed by atoms with van der Waals surface area (Å²) in [6.07, 6.45) is -0.0382. The van der Waals surface area contributed by atoms with Crippen LogP contribution < -0.4 is 0 Å². The minimum Gasteiger partial charge on any atom is -0.372 e. The summed E-state index contributed by atoms with van der Waals surface area (Å²) in [6.45, 7) is 3.90. The quantitative estimate of drug-likeness (QED) is 0.648. The number of carbonyl (C=O) groups is 1. The fourth-order valence-electron chi connectivity index (χ4n) is 1.47. The monoisotopic (exact) mass is 189 g/mol. The molecule has 1 fully saturated rings. The van der Waals surface area contributed by atoms with Gasteiger partial charge in [-0.3, -0.25) is 4.79 Å². The number of carbonyl (C=O) groups excluding carboxylic acids is 1. The summed E-state index contributed by atoms with van der Waals surface area (Å²) in [5.74, 6) is -0.121. The molecule has 0 aliphatic carbocycles. The van der Waals surface area contributed by atoms with E-state index in [1.165, 1.54) is 18.9 Å². The molecule has 0 aromatic heterocycles. The van der Waals surface area contributed by atoms with Crippen LogP contribution in [-0.2, 0) is 9.53 Å². The fourth-order valence-corrected chi connectivity index (χ4v) is 1.47. The average molecular weight is 189 g/mol. The third kappa shape index (κ3) is 2.40. The van der Waals surface area contributed by atoms with Crippen LogP contribution in [0.25, 0.3) is 0 Å². The number of likely N-dealkylation sites (tertiary alicyclic amines) is 1. The van der Waals surface area contributed by atoms with Crippen LogP contribution in [0.2, 0.25) is 0 Å². The summed E-state index contributed by atoms with van der Waals surface area (Å²) in [5.41, 5.74) is -1.22. The first-order chi connectivity index (χ1) is 5.96. The Morgan fingerprint density at radius 2 is 2.31 bits per heavy atom. The first-order valence-electron chi connectivity index (χ1n) is 4.47. The maximum Gasteiger partial charge on any atom is 0.251 e. The molecular weight excluding hydrogens is 173 g/mol. The highest BCUT2D eigenvalue weighted by atomic mass is 19.1. The first-order valence-corrected chi connectivity index (χ1v) is 4.47. The highest BCUT2D eigenvalue weighted by Gasteiger charge is 2.37. The van der Waals surface area contributed by atoms with Crippen LogP contribution in [0.1, 0.15) is 20.3 Å². The van der Waals surface area contributed by atoms with Gasteiger partial charge < -0.3 is 9.64 Å². The molecule has 4 heteroatoms. The summed E-state index contributed by atoms with van der Waals surface area (Å²) < 4.78 is 18.2. The first kappa shape index (κ1) is 10.4.